The van der Waals surface area contributed by atoms with Gasteiger partial charge in [0.1, 0.15) is 0 Å². The van der Waals surface area contributed by atoms with Gasteiger partial charge in [-0.1, -0.05) is 0 Å². The number of benzene rings is 1. The maximum atomic E-state index is 14.1. The molecule has 2 amide bonds. The molecule has 2 aliphatic rings. The van der Waals surface area contributed by atoms with Gasteiger partial charge in [0, 0.05) is 38.5 Å². The molecule has 1 aromatic rings. The highest BCUT2D eigenvalue weighted by molar-refractivity contribution is 6.01. The van der Waals surface area contributed by atoms with Gasteiger partial charge in [-0.3, -0.25) is 9.59 Å². The van der Waals surface area contributed by atoms with Crippen LogP contribution in [-0.4, -0.2) is 60.8 Å². The minimum atomic E-state index is -1.71. The molecule has 2 aliphatic heterocycles. The van der Waals surface area contributed by atoms with Crippen molar-refractivity contribution >= 4 is 23.2 Å². The van der Waals surface area contributed by atoms with E-state index in [1.807, 2.05) is 11.9 Å². The van der Waals surface area contributed by atoms with Gasteiger partial charge in [-0.05, 0) is 18.2 Å². The van der Waals surface area contributed by atoms with Gasteiger partial charge < -0.3 is 20.2 Å². The van der Waals surface area contributed by atoms with Gasteiger partial charge in [-0.25, -0.2) is 4.39 Å². The minimum Gasteiger partial charge on any atom is -0.393 e. The normalized spacial score (nSPS) is 24.2. The summed E-state index contributed by atoms with van der Waals surface area (Å²) in [5.41, 5.74) is 0.134. The van der Waals surface area contributed by atoms with Crippen molar-refractivity contribution in [2.24, 2.45) is 0 Å². The Morgan fingerprint density at radius 2 is 2.22 bits per heavy atom. The molecule has 2 N–H and O–H groups in total. The van der Waals surface area contributed by atoms with E-state index in [0.29, 0.717) is 24.2 Å². The van der Waals surface area contributed by atoms with Crippen molar-refractivity contribution < 1.29 is 19.1 Å². The highest BCUT2D eigenvalue weighted by Gasteiger charge is 2.40. The van der Waals surface area contributed by atoms with Crippen molar-refractivity contribution in [3.05, 3.63) is 23.8 Å². The predicted molar refractivity (Wildman–Crippen MR) is 84.4 cm³/mol. The van der Waals surface area contributed by atoms with Gasteiger partial charge in [-0.2, -0.15) is 0 Å². The maximum absolute atomic E-state index is 14.1. The number of hydrogen-bond acceptors (Lipinski definition) is 4. The van der Waals surface area contributed by atoms with E-state index in [9.17, 15) is 14.0 Å². The molecule has 23 heavy (non-hydrogen) atoms. The highest BCUT2D eigenvalue weighted by Crippen LogP contribution is 2.31. The fraction of sp³-hybridized carbons (Fsp3) is 0.500. The predicted octanol–water partition coefficient (Wildman–Crippen LogP) is 1.01. The average Bonchev–Trinajstić information content (AvgIpc) is 2.88. The molecule has 6 nitrogen and oxygen atoms in total. The van der Waals surface area contributed by atoms with Crippen molar-refractivity contribution in [1.82, 2.24) is 4.90 Å². The molecule has 0 radical (unpaired) electrons. The Labute approximate surface area is 133 Å². The molecule has 1 fully saturated rings. The molecule has 0 saturated carbocycles. The second-order valence-corrected chi connectivity index (χ2v) is 6.24. The average molecular weight is 321 g/mol. The molecule has 124 valence electrons. The Bertz CT molecular complexity index is 651. The largest absolute Gasteiger partial charge is 0.393 e. The first-order valence-corrected chi connectivity index (χ1v) is 7.66. The van der Waals surface area contributed by atoms with Gasteiger partial charge in [0.15, 0.2) is 5.67 Å². The smallest absolute Gasteiger partial charge is 0.254 e. The quantitative estimate of drug-likeness (QED) is 0.853. The van der Waals surface area contributed by atoms with Crippen LogP contribution in [0.2, 0.25) is 0 Å². The van der Waals surface area contributed by atoms with Crippen molar-refractivity contribution in [3.63, 3.8) is 0 Å². The van der Waals surface area contributed by atoms with Crippen LogP contribution in [0.4, 0.5) is 15.8 Å². The zero-order chi connectivity index (χ0) is 16.6. The highest BCUT2D eigenvalue weighted by atomic mass is 19.1. The number of carbonyl (C=O) groups excluding carboxylic acids is 2. The van der Waals surface area contributed by atoms with Crippen molar-refractivity contribution in [2.75, 3.05) is 43.5 Å². The summed E-state index contributed by atoms with van der Waals surface area (Å²) in [4.78, 5) is 27.6. The molecule has 1 atom stereocenters. The molecule has 0 bridgehead atoms. The van der Waals surface area contributed by atoms with E-state index >= 15 is 0 Å². The fourth-order valence-electron chi connectivity index (χ4n) is 3.02. The summed E-state index contributed by atoms with van der Waals surface area (Å²) < 4.78 is 14.1. The second-order valence-electron chi connectivity index (χ2n) is 6.24. The Kier molecular flexibility index (Phi) is 3.97. The maximum Gasteiger partial charge on any atom is 0.254 e. The molecule has 3 rings (SSSR count). The van der Waals surface area contributed by atoms with Crippen LogP contribution in [0.3, 0.4) is 0 Å². The van der Waals surface area contributed by atoms with Crippen LogP contribution in [0.15, 0.2) is 18.2 Å². The first-order valence-electron chi connectivity index (χ1n) is 7.66. The molecule has 1 saturated heterocycles. The van der Waals surface area contributed by atoms with Gasteiger partial charge in [-0.15, -0.1) is 0 Å². The summed E-state index contributed by atoms with van der Waals surface area (Å²) in [7, 11) is 1.89. The number of aliphatic hydroxyl groups is 1. The molecule has 2 heterocycles. The van der Waals surface area contributed by atoms with Crippen LogP contribution in [-0.2, 0) is 4.79 Å². The summed E-state index contributed by atoms with van der Waals surface area (Å²) >= 11 is 0. The van der Waals surface area contributed by atoms with Crippen LogP contribution in [0.5, 0.6) is 0 Å². The topological polar surface area (TPSA) is 72.9 Å². The standard InChI is InChI=1S/C16H20FN3O3/c1-19-6-4-14(22)18-12-8-11(2-3-13(12)19)15(23)20-7-5-16(17,9-20)10-21/h2-3,8,21H,4-7,9-10H2,1H3,(H,18,22). The summed E-state index contributed by atoms with van der Waals surface area (Å²) in [6.07, 6.45) is 0.529. The zero-order valence-electron chi connectivity index (χ0n) is 13.0. The number of amides is 2. The lowest BCUT2D eigenvalue weighted by molar-refractivity contribution is -0.115. The third-order valence-corrected chi connectivity index (χ3v) is 4.48. The third-order valence-electron chi connectivity index (χ3n) is 4.48. The number of hydrogen-bond donors (Lipinski definition) is 2. The summed E-state index contributed by atoms with van der Waals surface area (Å²) in [5, 5.41) is 11.9. The van der Waals surface area contributed by atoms with Crippen LogP contribution >= 0.6 is 0 Å². The van der Waals surface area contributed by atoms with Crippen LogP contribution < -0.4 is 10.2 Å². The zero-order valence-corrected chi connectivity index (χ0v) is 13.0. The summed E-state index contributed by atoms with van der Waals surface area (Å²) in [5.74, 6) is -0.383. The van der Waals surface area contributed by atoms with E-state index in [0.717, 1.165) is 5.69 Å². The van der Waals surface area contributed by atoms with Gasteiger partial charge in [0.05, 0.1) is 24.5 Å². The molecule has 0 aromatic heterocycles. The third kappa shape index (κ3) is 3.01. The summed E-state index contributed by atoms with van der Waals surface area (Å²) in [6.45, 7) is 0.200. The molecular weight excluding hydrogens is 301 g/mol. The van der Waals surface area contributed by atoms with Crippen LogP contribution in [0.1, 0.15) is 23.2 Å². The van der Waals surface area contributed by atoms with E-state index < -0.39 is 12.3 Å². The number of nitrogens with one attached hydrogen (secondary N) is 1. The fourth-order valence-corrected chi connectivity index (χ4v) is 3.02. The number of alkyl halides is 1. The van der Waals surface area contributed by atoms with E-state index in [4.69, 9.17) is 5.11 Å². The number of fused-ring (bicyclic) bond motifs is 1. The summed E-state index contributed by atoms with van der Waals surface area (Å²) in [6, 6.07) is 5.11. The second kappa shape index (κ2) is 5.81. The van der Waals surface area contributed by atoms with Gasteiger partial charge in [0.2, 0.25) is 5.91 Å². The Morgan fingerprint density at radius 3 is 2.91 bits per heavy atom. The lowest BCUT2D eigenvalue weighted by Gasteiger charge is -2.21. The number of rotatable bonds is 2. The number of halogens is 1. The molecule has 1 aromatic carbocycles. The SMILES string of the molecule is CN1CCC(=O)Nc2cc(C(=O)N3CCC(F)(CO)C3)ccc21. The number of nitrogens with zero attached hydrogens (tertiary/aromatic N) is 2. The first kappa shape index (κ1) is 15.7. The van der Waals surface area contributed by atoms with Crippen molar-refractivity contribution in [3.8, 4) is 0 Å². The molecule has 0 spiro atoms. The van der Waals surface area contributed by atoms with E-state index in [1.54, 1.807) is 18.2 Å². The van der Waals surface area contributed by atoms with E-state index in [-0.39, 0.29) is 31.3 Å². The van der Waals surface area contributed by atoms with Crippen LogP contribution in [0.25, 0.3) is 0 Å². The van der Waals surface area contributed by atoms with E-state index in [1.165, 1.54) is 4.90 Å². The number of aliphatic hydroxyl groups excluding tert-OH is 1. The molecule has 1 unspecified atom stereocenters. The molecular formula is C16H20FN3O3. The molecule has 0 aliphatic carbocycles. The Morgan fingerprint density at radius 1 is 1.43 bits per heavy atom. The first-order chi connectivity index (χ1) is 10.9. The minimum absolute atomic E-state index is 0.0931. The van der Waals surface area contributed by atoms with E-state index in [2.05, 4.69) is 5.32 Å². The van der Waals surface area contributed by atoms with Crippen LogP contribution in [0, 0.1) is 0 Å². The van der Waals surface area contributed by atoms with Gasteiger partial charge >= 0.3 is 0 Å². The Hall–Kier alpha value is -2.15. The lowest BCUT2D eigenvalue weighted by Crippen LogP contribution is -2.35. The number of anilines is 2. The number of likely N-dealkylation sites (tertiary alicyclic amines) is 1. The van der Waals surface area contributed by atoms with Gasteiger partial charge in [0.25, 0.3) is 5.91 Å². The number of carbonyl (C=O) groups is 2. The Balaban J connectivity index is 1.84. The lowest BCUT2D eigenvalue weighted by atomic mass is 10.1. The van der Waals surface area contributed by atoms with Crippen molar-refractivity contribution in [2.45, 2.75) is 18.5 Å². The van der Waals surface area contributed by atoms with Crippen molar-refractivity contribution in [1.29, 1.82) is 0 Å². The molecule has 7 heteroatoms. The monoisotopic (exact) mass is 321 g/mol.